The van der Waals surface area contributed by atoms with Crippen LogP contribution in [0.1, 0.15) is 32.1 Å². The van der Waals surface area contributed by atoms with Gasteiger partial charge in [-0.15, -0.1) is 18.2 Å². The molecule has 0 aromatic heterocycles. The summed E-state index contributed by atoms with van der Waals surface area (Å²) in [5, 5.41) is 0. The van der Waals surface area contributed by atoms with Crippen LogP contribution in [0.5, 0.6) is 0 Å². The van der Waals surface area contributed by atoms with Crippen LogP contribution in [0.15, 0.2) is 12.7 Å². The highest BCUT2D eigenvalue weighted by molar-refractivity contribution is 6.18. The zero-order chi connectivity index (χ0) is 8.60. The van der Waals surface area contributed by atoms with Gasteiger partial charge in [0.1, 0.15) is 0 Å². The van der Waals surface area contributed by atoms with Gasteiger partial charge in [0, 0.05) is 5.88 Å². The monoisotopic (exact) mass is 184 g/mol. The smallest absolute Gasteiger partial charge is 0.0285 e. The Hall–Kier alpha value is 0.0300. The molecular formula is C11H17Cl. The lowest BCUT2D eigenvalue weighted by Gasteiger charge is -2.35. The van der Waals surface area contributed by atoms with Crippen molar-refractivity contribution >= 4 is 11.6 Å². The minimum Gasteiger partial charge on any atom is -0.126 e. The van der Waals surface area contributed by atoms with E-state index in [-0.39, 0.29) is 0 Å². The Morgan fingerprint density at radius 2 is 2.33 bits per heavy atom. The molecule has 3 unspecified atom stereocenters. The Bertz CT molecular complexity index is 187. The van der Waals surface area contributed by atoms with Crippen LogP contribution in [0.25, 0.3) is 0 Å². The summed E-state index contributed by atoms with van der Waals surface area (Å²) in [6.45, 7) is 3.84. The number of rotatable bonds is 3. The molecule has 12 heavy (non-hydrogen) atoms. The van der Waals surface area contributed by atoms with Gasteiger partial charge in [0.05, 0.1) is 0 Å². The number of allylic oxidation sites excluding steroid dienone is 1. The van der Waals surface area contributed by atoms with E-state index in [9.17, 15) is 0 Å². The van der Waals surface area contributed by atoms with E-state index >= 15 is 0 Å². The van der Waals surface area contributed by atoms with Crippen LogP contribution in [-0.2, 0) is 0 Å². The van der Waals surface area contributed by atoms with Crippen molar-refractivity contribution < 1.29 is 0 Å². The van der Waals surface area contributed by atoms with Gasteiger partial charge in [-0.1, -0.05) is 12.5 Å². The zero-order valence-corrected chi connectivity index (χ0v) is 8.32. The third-order valence-electron chi connectivity index (χ3n) is 3.92. The predicted octanol–water partition coefficient (Wildman–Crippen LogP) is 3.61. The van der Waals surface area contributed by atoms with Crippen LogP contribution in [0.4, 0.5) is 0 Å². The average Bonchev–Trinajstić information content (AvgIpc) is 2.64. The van der Waals surface area contributed by atoms with Gasteiger partial charge in [0.25, 0.3) is 0 Å². The molecule has 0 aromatic rings. The molecule has 0 nitrogen and oxygen atoms in total. The highest BCUT2D eigenvalue weighted by Gasteiger charge is 2.49. The number of hydrogen-bond donors (Lipinski definition) is 0. The molecule has 0 N–H and O–H groups in total. The van der Waals surface area contributed by atoms with Crippen LogP contribution >= 0.6 is 11.6 Å². The first-order valence-electron chi connectivity index (χ1n) is 4.97. The van der Waals surface area contributed by atoms with E-state index in [1.807, 2.05) is 0 Å². The Morgan fingerprint density at radius 3 is 2.75 bits per heavy atom. The van der Waals surface area contributed by atoms with Crippen LogP contribution in [0, 0.1) is 17.3 Å². The van der Waals surface area contributed by atoms with Gasteiger partial charge in [-0.25, -0.2) is 0 Å². The first-order valence-corrected chi connectivity index (χ1v) is 5.51. The first-order chi connectivity index (χ1) is 5.80. The largest absolute Gasteiger partial charge is 0.126 e. The normalized spacial score (nSPS) is 45.1. The van der Waals surface area contributed by atoms with Crippen LogP contribution in [0.2, 0.25) is 0 Å². The van der Waals surface area contributed by atoms with E-state index in [0.29, 0.717) is 5.41 Å². The molecule has 0 saturated heterocycles. The molecule has 0 heterocycles. The summed E-state index contributed by atoms with van der Waals surface area (Å²) < 4.78 is 0. The summed E-state index contributed by atoms with van der Waals surface area (Å²) in [7, 11) is 0. The van der Waals surface area contributed by atoms with Crippen molar-refractivity contribution in [3.8, 4) is 0 Å². The first kappa shape index (κ1) is 8.62. The van der Waals surface area contributed by atoms with Crippen molar-refractivity contribution in [3.63, 3.8) is 0 Å². The second kappa shape index (κ2) is 3.06. The van der Waals surface area contributed by atoms with E-state index in [1.54, 1.807) is 0 Å². The second-order valence-corrected chi connectivity index (χ2v) is 4.84. The third kappa shape index (κ3) is 1.12. The number of hydrogen-bond acceptors (Lipinski definition) is 0. The fraction of sp³-hybridized carbons (Fsp3) is 0.818. The van der Waals surface area contributed by atoms with Crippen LogP contribution < -0.4 is 0 Å². The quantitative estimate of drug-likeness (QED) is 0.465. The molecular weight excluding hydrogens is 168 g/mol. The molecule has 2 fully saturated rings. The third-order valence-corrected chi connectivity index (χ3v) is 4.45. The van der Waals surface area contributed by atoms with E-state index in [1.165, 1.54) is 25.7 Å². The van der Waals surface area contributed by atoms with Crippen molar-refractivity contribution in [1.29, 1.82) is 0 Å². The fourth-order valence-electron chi connectivity index (χ4n) is 3.31. The highest BCUT2D eigenvalue weighted by atomic mass is 35.5. The summed E-state index contributed by atoms with van der Waals surface area (Å²) >= 11 is 6.09. The number of fused-ring (bicyclic) bond motifs is 2. The van der Waals surface area contributed by atoms with E-state index < -0.39 is 0 Å². The van der Waals surface area contributed by atoms with Gasteiger partial charge < -0.3 is 0 Å². The summed E-state index contributed by atoms with van der Waals surface area (Å²) in [5.74, 6) is 2.76. The van der Waals surface area contributed by atoms with Gasteiger partial charge in [-0.2, -0.15) is 0 Å². The highest BCUT2D eigenvalue weighted by Crippen LogP contribution is 2.58. The van der Waals surface area contributed by atoms with E-state index in [0.717, 1.165) is 24.1 Å². The summed E-state index contributed by atoms with van der Waals surface area (Å²) in [6, 6.07) is 0. The Kier molecular flexibility index (Phi) is 2.20. The molecule has 0 aliphatic heterocycles. The summed E-state index contributed by atoms with van der Waals surface area (Å²) in [4.78, 5) is 0. The van der Waals surface area contributed by atoms with Gasteiger partial charge in [-0.05, 0) is 42.9 Å². The Morgan fingerprint density at radius 1 is 1.50 bits per heavy atom. The van der Waals surface area contributed by atoms with Gasteiger partial charge in [-0.3, -0.25) is 0 Å². The number of halogens is 1. The van der Waals surface area contributed by atoms with Crippen LogP contribution in [-0.4, -0.2) is 5.88 Å². The minimum atomic E-state index is 0.451. The molecule has 3 atom stereocenters. The maximum absolute atomic E-state index is 6.09. The second-order valence-electron chi connectivity index (χ2n) is 4.57. The van der Waals surface area contributed by atoms with Crippen molar-refractivity contribution in [1.82, 2.24) is 0 Å². The summed E-state index contributed by atoms with van der Waals surface area (Å²) in [5.41, 5.74) is 0.451. The Labute approximate surface area is 80.0 Å². The van der Waals surface area contributed by atoms with Crippen LogP contribution in [0.3, 0.4) is 0 Å². The molecule has 0 amide bonds. The molecule has 2 bridgehead atoms. The average molecular weight is 185 g/mol. The standard InChI is InChI=1S/C11H17Cl/c1-2-5-11(8-12)7-9-3-4-10(11)6-9/h2,9-10H,1,3-8H2. The Balaban J connectivity index is 2.13. The maximum Gasteiger partial charge on any atom is 0.0285 e. The zero-order valence-electron chi connectivity index (χ0n) is 7.56. The molecule has 0 aromatic carbocycles. The lowest BCUT2D eigenvalue weighted by atomic mass is 9.72. The summed E-state index contributed by atoms with van der Waals surface area (Å²) in [6.07, 6.45) is 8.89. The van der Waals surface area contributed by atoms with Gasteiger partial charge >= 0.3 is 0 Å². The van der Waals surface area contributed by atoms with Crippen molar-refractivity contribution in [2.45, 2.75) is 32.1 Å². The molecule has 2 rings (SSSR count). The molecule has 2 aliphatic carbocycles. The molecule has 0 spiro atoms. The molecule has 1 heteroatoms. The molecule has 68 valence electrons. The van der Waals surface area contributed by atoms with E-state index in [4.69, 9.17) is 11.6 Å². The molecule has 2 aliphatic rings. The lowest BCUT2D eigenvalue weighted by Crippen LogP contribution is -2.28. The van der Waals surface area contributed by atoms with Crippen molar-refractivity contribution in [2.24, 2.45) is 17.3 Å². The van der Waals surface area contributed by atoms with Crippen molar-refractivity contribution in [2.75, 3.05) is 5.88 Å². The predicted molar refractivity (Wildman–Crippen MR) is 53.4 cm³/mol. The van der Waals surface area contributed by atoms with E-state index in [2.05, 4.69) is 12.7 Å². The number of alkyl halides is 1. The SMILES string of the molecule is C=CCC1(CCl)CC2CCC1C2. The molecule has 2 saturated carbocycles. The van der Waals surface area contributed by atoms with Gasteiger partial charge in [0.15, 0.2) is 0 Å². The maximum atomic E-state index is 6.09. The minimum absolute atomic E-state index is 0.451. The van der Waals surface area contributed by atoms with Crippen molar-refractivity contribution in [3.05, 3.63) is 12.7 Å². The fourth-order valence-corrected chi connectivity index (χ4v) is 3.75. The lowest BCUT2D eigenvalue weighted by molar-refractivity contribution is 0.197. The molecule has 0 radical (unpaired) electrons. The van der Waals surface area contributed by atoms with Gasteiger partial charge in [0.2, 0.25) is 0 Å². The topological polar surface area (TPSA) is 0 Å².